The summed E-state index contributed by atoms with van der Waals surface area (Å²) in [6, 6.07) is 13.4. The van der Waals surface area contributed by atoms with Crippen LogP contribution in [-0.2, 0) is 11.2 Å². The first-order valence-electron chi connectivity index (χ1n) is 6.79. The fraction of sp³-hybridized carbons (Fsp3) is 0.176. The summed E-state index contributed by atoms with van der Waals surface area (Å²) in [4.78, 5) is 23.8. The van der Waals surface area contributed by atoms with Gasteiger partial charge in [-0.15, -0.1) is 0 Å². The van der Waals surface area contributed by atoms with Gasteiger partial charge in [-0.3, -0.25) is 9.59 Å². The predicted molar refractivity (Wildman–Crippen MR) is 81.5 cm³/mol. The molecule has 0 unspecified atom stereocenters. The number of phenolic OH excluding ortho intramolecular Hbond substituents is 1. The molecule has 0 aliphatic rings. The molecule has 0 aliphatic carbocycles. The van der Waals surface area contributed by atoms with Crippen LogP contribution in [0.4, 0.5) is 5.69 Å². The molecule has 0 fully saturated rings. The summed E-state index contributed by atoms with van der Waals surface area (Å²) in [6.45, 7) is 2.04. The molecule has 0 heterocycles. The third-order valence-electron chi connectivity index (χ3n) is 3.16. The summed E-state index contributed by atoms with van der Waals surface area (Å²) in [5.41, 5.74) is 2.24. The summed E-state index contributed by atoms with van der Waals surface area (Å²) >= 11 is 0. The molecule has 0 radical (unpaired) electrons. The van der Waals surface area contributed by atoms with Crippen LogP contribution in [0.2, 0.25) is 0 Å². The first-order chi connectivity index (χ1) is 10.1. The maximum Gasteiger partial charge on any atom is 0.232 e. The smallest absolute Gasteiger partial charge is 0.232 e. The molecule has 21 heavy (non-hydrogen) atoms. The number of phenols is 1. The Bertz CT molecular complexity index is 630. The molecular formula is C17H17NO3. The number of carbonyl (C=O) groups is 2. The van der Waals surface area contributed by atoms with Crippen molar-refractivity contribution in [2.75, 3.05) is 5.32 Å². The number of ketones is 1. The lowest BCUT2D eigenvalue weighted by molar-refractivity contribution is -0.115. The predicted octanol–water partition coefficient (Wildman–Crippen LogP) is 3.17. The van der Waals surface area contributed by atoms with E-state index in [-0.39, 0.29) is 23.9 Å². The van der Waals surface area contributed by atoms with Gasteiger partial charge in [-0.2, -0.15) is 0 Å². The van der Waals surface area contributed by atoms with E-state index in [2.05, 4.69) is 5.32 Å². The van der Waals surface area contributed by atoms with E-state index in [1.807, 2.05) is 19.1 Å². The van der Waals surface area contributed by atoms with Gasteiger partial charge in [0.15, 0.2) is 5.78 Å². The highest BCUT2D eigenvalue weighted by molar-refractivity contribution is 6.11. The average Bonchev–Trinajstić information content (AvgIpc) is 2.49. The Morgan fingerprint density at radius 1 is 1.00 bits per heavy atom. The molecule has 4 heteroatoms. The molecule has 0 saturated carbocycles. The monoisotopic (exact) mass is 283 g/mol. The van der Waals surface area contributed by atoms with E-state index in [0.29, 0.717) is 11.3 Å². The summed E-state index contributed by atoms with van der Waals surface area (Å²) < 4.78 is 0. The molecule has 0 atom stereocenters. The van der Waals surface area contributed by atoms with E-state index in [0.717, 1.165) is 12.0 Å². The van der Waals surface area contributed by atoms with Gasteiger partial charge in [-0.05, 0) is 36.2 Å². The molecule has 2 aromatic carbocycles. The lowest BCUT2D eigenvalue weighted by Gasteiger charge is -2.05. The van der Waals surface area contributed by atoms with Gasteiger partial charge in [0.1, 0.15) is 5.75 Å². The number of aryl methyl sites for hydroxylation is 1. The van der Waals surface area contributed by atoms with E-state index in [1.165, 1.54) is 12.1 Å². The van der Waals surface area contributed by atoms with Crippen molar-refractivity contribution in [3.8, 4) is 5.75 Å². The Morgan fingerprint density at radius 3 is 2.19 bits per heavy atom. The Kier molecular flexibility index (Phi) is 4.72. The number of amides is 1. The van der Waals surface area contributed by atoms with Crippen molar-refractivity contribution in [2.45, 2.75) is 19.8 Å². The molecule has 4 nitrogen and oxygen atoms in total. The minimum atomic E-state index is -0.370. The molecule has 1 amide bonds. The summed E-state index contributed by atoms with van der Waals surface area (Å²) in [7, 11) is 0. The zero-order valence-electron chi connectivity index (χ0n) is 11.8. The third kappa shape index (κ3) is 4.18. The summed E-state index contributed by atoms with van der Waals surface area (Å²) in [6.07, 6.45) is 0.710. The molecule has 0 aromatic heterocycles. The van der Waals surface area contributed by atoms with E-state index >= 15 is 0 Å². The zero-order valence-corrected chi connectivity index (χ0v) is 11.8. The van der Waals surface area contributed by atoms with Crippen LogP contribution in [0.25, 0.3) is 0 Å². The molecule has 0 spiro atoms. The molecule has 0 bridgehead atoms. The van der Waals surface area contributed by atoms with Crippen molar-refractivity contribution in [3.05, 3.63) is 59.7 Å². The van der Waals surface area contributed by atoms with Crippen LogP contribution in [0.5, 0.6) is 5.75 Å². The Labute approximate surface area is 123 Å². The molecule has 0 saturated heterocycles. The van der Waals surface area contributed by atoms with Crippen LogP contribution in [0.15, 0.2) is 48.5 Å². The molecule has 108 valence electrons. The number of benzene rings is 2. The van der Waals surface area contributed by atoms with Crippen LogP contribution in [-0.4, -0.2) is 16.8 Å². The standard InChI is InChI=1S/C17H17NO3/c1-2-12-3-5-13(6-4-12)16(20)11-17(21)18-14-7-9-15(19)10-8-14/h3-10,19H,2,11H2,1H3,(H,18,21). The SMILES string of the molecule is CCc1ccc(C(=O)CC(=O)Nc2ccc(O)cc2)cc1. The quantitative estimate of drug-likeness (QED) is 0.503. The highest BCUT2D eigenvalue weighted by Gasteiger charge is 2.12. The number of nitrogens with one attached hydrogen (secondary N) is 1. The lowest BCUT2D eigenvalue weighted by atomic mass is 10.0. The highest BCUT2D eigenvalue weighted by atomic mass is 16.3. The number of hydrogen-bond acceptors (Lipinski definition) is 3. The number of rotatable bonds is 5. The van der Waals surface area contributed by atoms with Gasteiger partial charge in [-0.1, -0.05) is 31.2 Å². The van der Waals surface area contributed by atoms with E-state index in [1.54, 1.807) is 24.3 Å². The molecule has 2 N–H and O–H groups in total. The second-order valence-corrected chi connectivity index (χ2v) is 4.75. The van der Waals surface area contributed by atoms with Crippen molar-refractivity contribution < 1.29 is 14.7 Å². The largest absolute Gasteiger partial charge is 0.508 e. The van der Waals surface area contributed by atoms with Gasteiger partial charge in [0.2, 0.25) is 5.91 Å². The topological polar surface area (TPSA) is 66.4 Å². The van der Waals surface area contributed by atoms with Gasteiger partial charge in [-0.25, -0.2) is 0 Å². The third-order valence-corrected chi connectivity index (χ3v) is 3.16. The maximum atomic E-state index is 12.0. The van der Waals surface area contributed by atoms with Gasteiger partial charge in [0, 0.05) is 11.3 Å². The summed E-state index contributed by atoms with van der Waals surface area (Å²) in [5.74, 6) is -0.459. The number of Topliss-reactive ketones (excluding diaryl/α,β-unsaturated/α-hetero) is 1. The summed E-state index contributed by atoms with van der Waals surface area (Å²) in [5, 5.41) is 11.8. The van der Waals surface area contributed by atoms with Crippen LogP contribution in [0, 0.1) is 0 Å². The van der Waals surface area contributed by atoms with Gasteiger partial charge >= 0.3 is 0 Å². The molecule has 2 rings (SSSR count). The number of anilines is 1. The van der Waals surface area contributed by atoms with E-state index in [9.17, 15) is 9.59 Å². The number of carbonyl (C=O) groups excluding carboxylic acids is 2. The van der Waals surface area contributed by atoms with Crippen LogP contribution in [0.3, 0.4) is 0 Å². The average molecular weight is 283 g/mol. The van der Waals surface area contributed by atoms with Crippen molar-refractivity contribution in [1.82, 2.24) is 0 Å². The first-order valence-corrected chi connectivity index (χ1v) is 6.79. The Hall–Kier alpha value is -2.62. The van der Waals surface area contributed by atoms with Crippen LogP contribution in [0.1, 0.15) is 29.3 Å². The van der Waals surface area contributed by atoms with E-state index < -0.39 is 0 Å². The minimum absolute atomic E-state index is 0.125. The fourth-order valence-electron chi connectivity index (χ4n) is 1.92. The second-order valence-electron chi connectivity index (χ2n) is 4.75. The highest BCUT2D eigenvalue weighted by Crippen LogP contribution is 2.14. The van der Waals surface area contributed by atoms with Crippen LogP contribution < -0.4 is 5.32 Å². The van der Waals surface area contributed by atoms with Gasteiger partial charge in [0.25, 0.3) is 0 Å². The maximum absolute atomic E-state index is 12.0. The van der Waals surface area contributed by atoms with Crippen LogP contribution >= 0.6 is 0 Å². The van der Waals surface area contributed by atoms with E-state index in [4.69, 9.17) is 5.11 Å². The van der Waals surface area contributed by atoms with Crippen molar-refractivity contribution in [1.29, 1.82) is 0 Å². The zero-order chi connectivity index (χ0) is 15.2. The van der Waals surface area contributed by atoms with Crippen molar-refractivity contribution >= 4 is 17.4 Å². The second kappa shape index (κ2) is 6.70. The molecule has 2 aromatic rings. The minimum Gasteiger partial charge on any atom is -0.508 e. The van der Waals surface area contributed by atoms with Gasteiger partial charge in [0.05, 0.1) is 6.42 Å². The van der Waals surface area contributed by atoms with Crippen molar-refractivity contribution in [2.24, 2.45) is 0 Å². The molecular weight excluding hydrogens is 266 g/mol. The fourth-order valence-corrected chi connectivity index (χ4v) is 1.92. The number of aromatic hydroxyl groups is 1. The lowest BCUT2D eigenvalue weighted by Crippen LogP contribution is -2.16. The Balaban J connectivity index is 1.95. The Morgan fingerprint density at radius 2 is 1.62 bits per heavy atom. The molecule has 0 aliphatic heterocycles. The normalized spacial score (nSPS) is 10.1. The first kappa shape index (κ1) is 14.8. The number of hydrogen-bond donors (Lipinski definition) is 2. The van der Waals surface area contributed by atoms with Crippen molar-refractivity contribution in [3.63, 3.8) is 0 Å². The van der Waals surface area contributed by atoms with Gasteiger partial charge < -0.3 is 10.4 Å².